The molecule has 1 N–H and O–H groups in total. The van der Waals surface area contributed by atoms with Gasteiger partial charge in [0.2, 0.25) is 11.8 Å². The number of para-hydroxylation sites is 1. The predicted octanol–water partition coefficient (Wildman–Crippen LogP) is 2.71. The third kappa shape index (κ3) is 3.65. The highest BCUT2D eigenvalue weighted by Crippen LogP contribution is 2.46. The Balaban J connectivity index is 1.78. The van der Waals surface area contributed by atoms with Crippen molar-refractivity contribution in [1.82, 2.24) is 10.2 Å². The molecule has 3 rings (SSSR count). The zero-order valence-corrected chi connectivity index (χ0v) is 15.4. The molecule has 136 valence electrons. The molecule has 2 aliphatic rings. The Bertz CT molecular complexity index is 648. The SMILES string of the molecule is CNC(=O)CC1CC2(CCN(C(=O)C(C)C)CC2)Oc2ccccc21. The third-order valence-corrected chi connectivity index (χ3v) is 5.49. The van der Waals surface area contributed by atoms with Crippen LogP contribution in [0, 0.1) is 5.92 Å². The molecule has 0 aromatic heterocycles. The lowest BCUT2D eigenvalue weighted by molar-refractivity contribution is -0.138. The van der Waals surface area contributed by atoms with Crippen LogP contribution in [-0.4, -0.2) is 42.5 Å². The number of rotatable bonds is 3. The molecule has 2 aliphatic heterocycles. The third-order valence-electron chi connectivity index (χ3n) is 5.49. The lowest BCUT2D eigenvalue weighted by atomic mass is 9.76. The van der Waals surface area contributed by atoms with Crippen molar-refractivity contribution in [2.75, 3.05) is 20.1 Å². The molecule has 0 bridgehead atoms. The van der Waals surface area contributed by atoms with Crippen molar-refractivity contribution in [3.05, 3.63) is 29.8 Å². The Morgan fingerprint density at radius 1 is 1.28 bits per heavy atom. The van der Waals surface area contributed by atoms with Crippen molar-refractivity contribution in [1.29, 1.82) is 0 Å². The Kier molecular flexibility index (Phi) is 5.02. The fraction of sp³-hybridized carbons (Fsp3) is 0.600. The van der Waals surface area contributed by atoms with Gasteiger partial charge in [0.25, 0.3) is 0 Å². The average Bonchev–Trinajstić information content (AvgIpc) is 2.61. The van der Waals surface area contributed by atoms with Gasteiger partial charge in [-0.15, -0.1) is 0 Å². The van der Waals surface area contributed by atoms with E-state index >= 15 is 0 Å². The summed E-state index contributed by atoms with van der Waals surface area (Å²) in [5.74, 6) is 1.36. The molecule has 0 aliphatic carbocycles. The summed E-state index contributed by atoms with van der Waals surface area (Å²) in [6.07, 6.45) is 2.96. The Hall–Kier alpha value is -2.04. The van der Waals surface area contributed by atoms with Crippen molar-refractivity contribution in [3.8, 4) is 5.75 Å². The number of benzene rings is 1. The zero-order chi connectivity index (χ0) is 18.0. The number of likely N-dealkylation sites (tertiary alicyclic amines) is 1. The number of ether oxygens (including phenoxy) is 1. The number of nitrogens with one attached hydrogen (secondary N) is 1. The summed E-state index contributed by atoms with van der Waals surface area (Å²) in [5, 5.41) is 2.74. The molecule has 5 nitrogen and oxygen atoms in total. The van der Waals surface area contributed by atoms with Gasteiger partial charge in [-0.25, -0.2) is 0 Å². The van der Waals surface area contributed by atoms with Gasteiger partial charge in [0.15, 0.2) is 0 Å². The lowest BCUT2D eigenvalue weighted by Crippen LogP contribution is -2.52. The Labute approximate surface area is 149 Å². The van der Waals surface area contributed by atoms with Crippen LogP contribution in [-0.2, 0) is 9.59 Å². The van der Waals surface area contributed by atoms with Gasteiger partial charge in [0.1, 0.15) is 11.4 Å². The van der Waals surface area contributed by atoms with Crippen molar-refractivity contribution in [2.45, 2.75) is 51.0 Å². The molecule has 2 amide bonds. The van der Waals surface area contributed by atoms with Crippen LogP contribution < -0.4 is 10.1 Å². The van der Waals surface area contributed by atoms with Crippen LogP contribution in [0.25, 0.3) is 0 Å². The summed E-state index contributed by atoms with van der Waals surface area (Å²) in [4.78, 5) is 26.2. The summed E-state index contributed by atoms with van der Waals surface area (Å²) in [7, 11) is 1.68. The molecule has 1 saturated heterocycles. The molecule has 5 heteroatoms. The van der Waals surface area contributed by atoms with Gasteiger partial charge in [0, 0.05) is 51.2 Å². The second-order valence-electron chi connectivity index (χ2n) is 7.58. The smallest absolute Gasteiger partial charge is 0.225 e. The van der Waals surface area contributed by atoms with Gasteiger partial charge in [-0.3, -0.25) is 9.59 Å². The van der Waals surface area contributed by atoms with Crippen LogP contribution in [0.1, 0.15) is 51.0 Å². The largest absolute Gasteiger partial charge is 0.487 e. The topological polar surface area (TPSA) is 58.6 Å². The van der Waals surface area contributed by atoms with Gasteiger partial charge < -0.3 is 15.0 Å². The van der Waals surface area contributed by atoms with Crippen LogP contribution in [0.15, 0.2) is 24.3 Å². The summed E-state index contributed by atoms with van der Waals surface area (Å²) in [6.45, 7) is 5.34. The van der Waals surface area contributed by atoms with Crippen LogP contribution in [0.5, 0.6) is 5.75 Å². The summed E-state index contributed by atoms with van der Waals surface area (Å²) >= 11 is 0. The van der Waals surface area contributed by atoms with Crippen LogP contribution in [0.4, 0.5) is 0 Å². The van der Waals surface area contributed by atoms with E-state index in [9.17, 15) is 9.59 Å². The minimum atomic E-state index is -0.263. The van der Waals surface area contributed by atoms with E-state index in [1.807, 2.05) is 36.9 Å². The molecule has 1 unspecified atom stereocenters. The quantitative estimate of drug-likeness (QED) is 0.917. The van der Waals surface area contributed by atoms with E-state index in [2.05, 4.69) is 11.4 Å². The molecule has 1 aromatic rings. The number of nitrogens with zero attached hydrogens (tertiary/aromatic N) is 1. The van der Waals surface area contributed by atoms with E-state index in [1.165, 1.54) is 0 Å². The lowest BCUT2D eigenvalue weighted by Gasteiger charge is -2.47. The fourth-order valence-electron chi connectivity index (χ4n) is 4.06. The van der Waals surface area contributed by atoms with Gasteiger partial charge in [0.05, 0.1) is 0 Å². The number of carbonyl (C=O) groups is 2. The molecule has 1 atom stereocenters. The maximum atomic E-state index is 12.2. The van der Waals surface area contributed by atoms with Crippen molar-refractivity contribution in [2.24, 2.45) is 5.92 Å². The molecular formula is C20H28N2O3. The molecule has 1 aromatic carbocycles. The van der Waals surface area contributed by atoms with Gasteiger partial charge in [-0.2, -0.15) is 0 Å². The standard InChI is InChI=1S/C20H28N2O3/c1-14(2)19(24)22-10-8-20(9-11-22)13-15(12-18(23)21-3)16-6-4-5-7-17(16)25-20/h4-7,14-15H,8-13H2,1-3H3,(H,21,23). The average molecular weight is 344 g/mol. The second kappa shape index (κ2) is 7.06. The van der Waals surface area contributed by atoms with Crippen molar-refractivity contribution >= 4 is 11.8 Å². The first-order chi connectivity index (χ1) is 11.9. The number of hydrogen-bond acceptors (Lipinski definition) is 3. The van der Waals surface area contributed by atoms with Crippen LogP contribution in [0.3, 0.4) is 0 Å². The number of hydrogen-bond donors (Lipinski definition) is 1. The van der Waals surface area contributed by atoms with Crippen molar-refractivity contribution < 1.29 is 14.3 Å². The first-order valence-corrected chi connectivity index (χ1v) is 9.21. The number of amides is 2. The molecule has 0 saturated carbocycles. The normalized spacial score (nSPS) is 21.6. The number of fused-ring (bicyclic) bond motifs is 1. The van der Waals surface area contributed by atoms with Gasteiger partial charge in [-0.05, 0) is 18.1 Å². The highest BCUT2D eigenvalue weighted by molar-refractivity contribution is 5.78. The van der Waals surface area contributed by atoms with E-state index in [0.717, 1.165) is 43.7 Å². The number of carbonyl (C=O) groups excluding carboxylic acids is 2. The first kappa shape index (κ1) is 17.8. The molecule has 1 fully saturated rings. The molecule has 0 radical (unpaired) electrons. The Morgan fingerprint density at radius 3 is 2.60 bits per heavy atom. The van der Waals surface area contributed by atoms with E-state index < -0.39 is 0 Å². The maximum absolute atomic E-state index is 12.2. The second-order valence-corrected chi connectivity index (χ2v) is 7.58. The Morgan fingerprint density at radius 2 is 1.96 bits per heavy atom. The highest BCUT2D eigenvalue weighted by Gasteiger charge is 2.44. The fourth-order valence-corrected chi connectivity index (χ4v) is 4.06. The molecule has 25 heavy (non-hydrogen) atoms. The minimum absolute atomic E-state index is 0.0306. The van der Waals surface area contributed by atoms with Crippen LogP contribution >= 0.6 is 0 Å². The summed E-state index contributed by atoms with van der Waals surface area (Å²) in [5.41, 5.74) is 0.860. The van der Waals surface area contributed by atoms with Gasteiger partial charge >= 0.3 is 0 Å². The van der Waals surface area contributed by atoms with E-state index in [-0.39, 0.29) is 29.3 Å². The molecular weight excluding hydrogens is 316 g/mol. The van der Waals surface area contributed by atoms with Crippen LogP contribution in [0.2, 0.25) is 0 Å². The first-order valence-electron chi connectivity index (χ1n) is 9.21. The van der Waals surface area contributed by atoms with Crippen molar-refractivity contribution in [3.63, 3.8) is 0 Å². The van der Waals surface area contributed by atoms with E-state index in [1.54, 1.807) is 7.05 Å². The maximum Gasteiger partial charge on any atom is 0.225 e. The molecule has 2 heterocycles. The van der Waals surface area contributed by atoms with E-state index in [0.29, 0.717) is 6.42 Å². The van der Waals surface area contributed by atoms with E-state index in [4.69, 9.17) is 4.74 Å². The predicted molar refractivity (Wildman–Crippen MR) is 96.5 cm³/mol. The highest BCUT2D eigenvalue weighted by atomic mass is 16.5. The summed E-state index contributed by atoms with van der Waals surface area (Å²) in [6, 6.07) is 8.04. The zero-order valence-electron chi connectivity index (χ0n) is 15.4. The van der Waals surface area contributed by atoms with Gasteiger partial charge in [-0.1, -0.05) is 32.0 Å². The summed E-state index contributed by atoms with van der Waals surface area (Å²) < 4.78 is 6.42. The molecule has 1 spiro atoms. The number of piperidine rings is 1. The monoisotopic (exact) mass is 344 g/mol. The minimum Gasteiger partial charge on any atom is -0.487 e.